The summed E-state index contributed by atoms with van der Waals surface area (Å²) in [5.41, 5.74) is -0.450. The third-order valence-corrected chi connectivity index (χ3v) is 6.90. The number of carbonyl (C=O) groups excluding carboxylic acids is 2. The van der Waals surface area contributed by atoms with E-state index in [1.165, 1.54) is 24.3 Å². The number of aliphatic hydroxyl groups is 1. The van der Waals surface area contributed by atoms with Gasteiger partial charge in [-0.15, -0.1) is 0 Å². The Morgan fingerprint density at radius 3 is 2.00 bits per heavy atom. The van der Waals surface area contributed by atoms with E-state index in [2.05, 4.69) is 0 Å². The number of halogens is 1. The number of carbonyl (C=O) groups is 2. The molecule has 4 aliphatic rings. The lowest BCUT2D eigenvalue weighted by atomic mass is 9.48. The van der Waals surface area contributed by atoms with Gasteiger partial charge in [-0.1, -0.05) is 0 Å². The Balaban J connectivity index is 1.31. The van der Waals surface area contributed by atoms with Gasteiger partial charge in [0, 0.05) is 11.1 Å². The maximum absolute atomic E-state index is 13.0. The highest BCUT2D eigenvalue weighted by atomic mass is 19.1. The van der Waals surface area contributed by atoms with Gasteiger partial charge in [0.1, 0.15) is 11.6 Å². The zero-order chi connectivity index (χ0) is 20.2. The van der Waals surface area contributed by atoms with Crippen LogP contribution >= 0.6 is 0 Å². The first-order valence-corrected chi connectivity index (χ1v) is 10.2. The topological polar surface area (TPSA) is 63.6 Å². The zero-order valence-corrected chi connectivity index (χ0v) is 16.1. The number of hydrogen-bond donors (Lipinski definition) is 1. The maximum Gasteiger partial charge on any atom is 0.317 e. The van der Waals surface area contributed by atoms with Gasteiger partial charge in [-0.05, 0) is 98.9 Å². The highest BCUT2D eigenvalue weighted by Crippen LogP contribution is 2.61. The van der Waals surface area contributed by atoms with Crippen LogP contribution in [0, 0.1) is 23.1 Å². The molecule has 2 aromatic carbocycles. The molecular formula is C24H23FO4. The third kappa shape index (κ3) is 3.27. The SMILES string of the molecule is O=C(c1ccc(F)cc1)c1ccc(OC(=O)C23C[C@@H]4C[C@@H](CC(O)(C4)C2)C3)cc1. The largest absolute Gasteiger partial charge is 0.426 e. The van der Waals surface area contributed by atoms with Gasteiger partial charge in [0.25, 0.3) is 0 Å². The van der Waals surface area contributed by atoms with Gasteiger partial charge in [-0.25, -0.2) is 4.39 Å². The van der Waals surface area contributed by atoms with Crippen LogP contribution < -0.4 is 4.74 Å². The average molecular weight is 394 g/mol. The summed E-state index contributed by atoms with van der Waals surface area (Å²) in [6.45, 7) is 0. The predicted octanol–water partition coefficient (Wildman–Crippen LogP) is 4.29. The fourth-order valence-corrected chi connectivity index (χ4v) is 6.11. The summed E-state index contributed by atoms with van der Waals surface area (Å²) >= 11 is 0. The molecule has 1 N–H and O–H groups in total. The third-order valence-electron chi connectivity index (χ3n) is 6.90. The van der Waals surface area contributed by atoms with Gasteiger partial charge in [0.2, 0.25) is 0 Å². The summed E-state index contributed by atoms with van der Waals surface area (Å²) in [6.07, 6.45) is 4.81. The summed E-state index contributed by atoms with van der Waals surface area (Å²) < 4.78 is 18.7. The second kappa shape index (κ2) is 6.49. The van der Waals surface area contributed by atoms with E-state index < -0.39 is 16.8 Å². The second-order valence-electron chi connectivity index (χ2n) is 9.22. The molecule has 4 aliphatic carbocycles. The van der Waals surface area contributed by atoms with Crippen LogP contribution in [0.1, 0.15) is 54.4 Å². The number of hydrogen-bond acceptors (Lipinski definition) is 4. The van der Waals surface area contributed by atoms with Crippen molar-refractivity contribution < 1.29 is 23.8 Å². The van der Waals surface area contributed by atoms with Gasteiger partial charge in [0.15, 0.2) is 5.78 Å². The number of benzene rings is 2. The lowest BCUT2D eigenvalue weighted by Crippen LogP contribution is -2.59. The molecule has 5 heteroatoms. The van der Waals surface area contributed by atoms with Crippen LogP contribution in [-0.4, -0.2) is 22.5 Å². The molecule has 150 valence electrons. The highest BCUT2D eigenvalue weighted by molar-refractivity contribution is 6.09. The van der Waals surface area contributed by atoms with Crippen LogP contribution in [0.25, 0.3) is 0 Å². The smallest absolute Gasteiger partial charge is 0.317 e. The molecule has 2 unspecified atom stereocenters. The molecule has 0 amide bonds. The van der Waals surface area contributed by atoms with E-state index in [1.54, 1.807) is 24.3 Å². The van der Waals surface area contributed by atoms with Crippen LogP contribution in [0.4, 0.5) is 4.39 Å². The first kappa shape index (κ1) is 18.5. The number of esters is 1. The minimum Gasteiger partial charge on any atom is -0.426 e. The first-order chi connectivity index (χ1) is 13.8. The molecule has 0 heterocycles. The molecule has 2 aromatic rings. The van der Waals surface area contributed by atoms with Crippen molar-refractivity contribution >= 4 is 11.8 Å². The molecule has 4 nitrogen and oxygen atoms in total. The standard InChI is InChI=1S/C24H23FO4/c25-19-5-1-17(2-6-19)21(26)18-3-7-20(8-4-18)29-22(27)23-10-15-9-16(11-23)13-24(28,12-15)14-23/h1-8,15-16,28H,9-14H2/t15-,16+,23?,24?. The fraction of sp³-hybridized carbons (Fsp3) is 0.417. The van der Waals surface area contributed by atoms with E-state index in [0.717, 1.165) is 32.1 Å². The van der Waals surface area contributed by atoms with E-state index in [4.69, 9.17) is 4.74 Å². The molecule has 0 aliphatic heterocycles. The highest BCUT2D eigenvalue weighted by Gasteiger charge is 2.61. The normalized spacial score (nSPS) is 32.2. The van der Waals surface area contributed by atoms with Crippen molar-refractivity contribution in [3.05, 3.63) is 65.5 Å². The second-order valence-corrected chi connectivity index (χ2v) is 9.22. The van der Waals surface area contributed by atoms with Crippen molar-refractivity contribution in [1.29, 1.82) is 0 Å². The molecular weight excluding hydrogens is 371 g/mol. The van der Waals surface area contributed by atoms with E-state index >= 15 is 0 Å². The molecule has 4 bridgehead atoms. The number of ether oxygens (including phenoxy) is 1. The van der Waals surface area contributed by atoms with Gasteiger partial charge in [0.05, 0.1) is 11.0 Å². The maximum atomic E-state index is 13.0. The van der Waals surface area contributed by atoms with E-state index in [-0.39, 0.29) is 11.8 Å². The Morgan fingerprint density at radius 2 is 1.45 bits per heavy atom. The lowest BCUT2D eigenvalue weighted by Gasteiger charge is -2.58. The molecule has 4 saturated carbocycles. The summed E-state index contributed by atoms with van der Waals surface area (Å²) in [5, 5.41) is 10.8. The van der Waals surface area contributed by atoms with Crippen LogP contribution in [0.15, 0.2) is 48.5 Å². The van der Waals surface area contributed by atoms with Crippen molar-refractivity contribution in [1.82, 2.24) is 0 Å². The Morgan fingerprint density at radius 1 is 0.897 bits per heavy atom. The van der Waals surface area contributed by atoms with E-state index in [0.29, 0.717) is 35.1 Å². The minimum atomic E-state index is -0.714. The molecule has 0 saturated heterocycles. The quantitative estimate of drug-likeness (QED) is 0.477. The molecule has 29 heavy (non-hydrogen) atoms. The molecule has 0 aromatic heterocycles. The van der Waals surface area contributed by atoms with E-state index in [1.807, 2.05) is 0 Å². The molecule has 4 atom stereocenters. The molecule has 0 radical (unpaired) electrons. The van der Waals surface area contributed by atoms with Crippen LogP contribution in [0.5, 0.6) is 5.75 Å². The monoisotopic (exact) mass is 394 g/mol. The Kier molecular flexibility index (Phi) is 4.14. The number of rotatable bonds is 4. The number of ketones is 1. The minimum absolute atomic E-state index is 0.216. The van der Waals surface area contributed by atoms with E-state index in [9.17, 15) is 19.1 Å². The van der Waals surface area contributed by atoms with Crippen LogP contribution in [0.3, 0.4) is 0 Å². The van der Waals surface area contributed by atoms with Gasteiger partial charge >= 0.3 is 5.97 Å². The molecule has 4 fully saturated rings. The summed E-state index contributed by atoms with van der Waals surface area (Å²) in [5.74, 6) is 0.342. The summed E-state index contributed by atoms with van der Waals surface area (Å²) in [7, 11) is 0. The van der Waals surface area contributed by atoms with Crippen molar-refractivity contribution in [3.8, 4) is 5.75 Å². The lowest BCUT2D eigenvalue weighted by molar-refractivity contribution is -0.188. The predicted molar refractivity (Wildman–Crippen MR) is 104 cm³/mol. The van der Waals surface area contributed by atoms with Crippen molar-refractivity contribution in [2.24, 2.45) is 17.3 Å². The van der Waals surface area contributed by atoms with Crippen molar-refractivity contribution in [2.45, 2.75) is 44.1 Å². The van der Waals surface area contributed by atoms with Gasteiger partial charge < -0.3 is 9.84 Å². The van der Waals surface area contributed by atoms with Crippen LogP contribution in [0.2, 0.25) is 0 Å². The van der Waals surface area contributed by atoms with Crippen molar-refractivity contribution in [3.63, 3.8) is 0 Å². The van der Waals surface area contributed by atoms with Gasteiger partial charge in [-0.2, -0.15) is 0 Å². The summed E-state index contributed by atoms with van der Waals surface area (Å²) in [6, 6.07) is 11.9. The summed E-state index contributed by atoms with van der Waals surface area (Å²) in [4.78, 5) is 25.5. The zero-order valence-electron chi connectivity index (χ0n) is 16.1. The Labute approximate surface area is 168 Å². The Hall–Kier alpha value is -2.53. The van der Waals surface area contributed by atoms with Crippen molar-refractivity contribution in [2.75, 3.05) is 0 Å². The molecule has 6 rings (SSSR count). The average Bonchev–Trinajstić information content (AvgIpc) is 2.67. The first-order valence-electron chi connectivity index (χ1n) is 10.2. The Bertz CT molecular complexity index is 949. The van der Waals surface area contributed by atoms with Gasteiger partial charge in [-0.3, -0.25) is 9.59 Å². The molecule has 0 spiro atoms. The fourth-order valence-electron chi connectivity index (χ4n) is 6.11. The van der Waals surface area contributed by atoms with Crippen LogP contribution in [-0.2, 0) is 4.79 Å².